The average Bonchev–Trinajstić information content (AvgIpc) is 3.26. The van der Waals surface area contributed by atoms with Crippen molar-refractivity contribution < 1.29 is 19.4 Å². The molecule has 5 nitrogen and oxygen atoms in total. The number of nitrogens with zero attached hydrogens (tertiary/aromatic N) is 1. The van der Waals surface area contributed by atoms with Crippen molar-refractivity contribution in [1.29, 1.82) is 0 Å². The molecule has 2 aliphatic rings. The predicted molar refractivity (Wildman–Crippen MR) is 107 cm³/mol. The van der Waals surface area contributed by atoms with Crippen molar-refractivity contribution in [2.24, 2.45) is 0 Å². The lowest BCUT2D eigenvalue weighted by molar-refractivity contribution is 0.0600. The molecule has 0 bridgehead atoms. The van der Waals surface area contributed by atoms with E-state index in [1.54, 1.807) is 18.2 Å². The fourth-order valence-electron chi connectivity index (χ4n) is 4.07. The maximum absolute atomic E-state index is 11.7. The smallest absolute Gasteiger partial charge is 0.337 e. The summed E-state index contributed by atoms with van der Waals surface area (Å²) in [6.45, 7) is 1.45. The van der Waals surface area contributed by atoms with E-state index in [9.17, 15) is 9.90 Å². The van der Waals surface area contributed by atoms with Gasteiger partial charge in [-0.3, -0.25) is 4.90 Å². The second-order valence-corrected chi connectivity index (χ2v) is 8.07. The van der Waals surface area contributed by atoms with Crippen LogP contribution in [0, 0.1) is 0 Å². The number of ether oxygens (including phenoxy) is 2. The average molecular weight is 422 g/mol. The Hall–Kier alpha value is -1.79. The summed E-state index contributed by atoms with van der Waals surface area (Å²) in [5, 5.41) is 11.0. The molecule has 1 saturated heterocycles. The third-order valence-corrected chi connectivity index (χ3v) is 5.99. The van der Waals surface area contributed by atoms with Gasteiger partial charge >= 0.3 is 5.97 Å². The van der Waals surface area contributed by atoms with E-state index in [-0.39, 0.29) is 18.2 Å². The number of hydrogen-bond acceptors (Lipinski definition) is 5. The number of aliphatic hydroxyl groups is 1. The number of likely N-dealkylation sites (tertiary alicyclic amines) is 1. The van der Waals surface area contributed by atoms with Crippen LogP contribution in [-0.4, -0.2) is 48.3 Å². The van der Waals surface area contributed by atoms with E-state index in [1.807, 2.05) is 18.2 Å². The summed E-state index contributed by atoms with van der Waals surface area (Å²) >= 11 is 12.6. The number of benzene rings is 2. The molecule has 2 aromatic carbocycles. The van der Waals surface area contributed by atoms with Gasteiger partial charge in [0, 0.05) is 18.1 Å². The highest BCUT2D eigenvalue weighted by molar-refractivity contribution is 6.32. The Balaban J connectivity index is 1.65. The van der Waals surface area contributed by atoms with Crippen LogP contribution in [0.3, 0.4) is 0 Å². The fraction of sp³-hybridized carbons (Fsp3) is 0.381. The second kappa shape index (κ2) is 7.91. The van der Waals surface area contributed by atoms with Crippen molar-refractivity contribution in [3.05, 3.63) is 63.1 Å². The highest BCUT2D eigenvalue weighted by Gasteiger charge is 2.40. The first-order valence-electron chi connectivity index (χ1n) is 9.21. The van der Waals surface area contributed by atoms with Gasteiger partial charge in [0.2, 0.25) is 0 Å². The number of fused-ring (bicyclic) bond motifs is 1. The third-order valence-electron chi connectivity index (χ3n) is 5.46. The molecule has 0 radical (unpaired) electrons. The van der Waals surface area contributed by atoms with Crippen LogP contribution in [0.25, 0.3) is 0 Å². The second-order valence-electron chi connectivity index (χ2n) is 7.23. The molecule has 7 heteroatoms. The summed E-state index contributed by atoms with van der Waals surface area (Å²) in [5.41, 5.74) is 2.59. The van der Waals surface area contributed by atoms with Crippen molar-refractivity contribution in [3.63, 3.8) is 0 Å². The molecule has 4 rings (SSSR count). The van der Waals surface area contributed by atoms with Gasteiger partial charge in [0.1, 0.15) is 11.9 Å². The molecule has 0 saturated carbocycles. The quantitative estimate of drug-likeness (QED) is 0.758. The van der Waals surface area contributed by atoms with E-state index in [1.165, 1.54) is 12.7 Å². The highest BCUT2D eigenvalue weighted by atomic mass is 35.5. The Kier molecular flexibility index (Phi) is 5.52. The molecule has 28 heavy (non-hydrogen) atoms. The summed E-state index contributed by atoms with van der Waals surface area (Å²) < 4.78 is 11.1. The maximum atomic E-state index is 11.7. The number of methoxy groups -OCH3 is 1. The predicted octanol–water partition coefficient (Wildman–Crippen LogP) is 3.89. The topological polar surface area (TPSA) is 59.0 Å². The van der Waals surface area contributed by atoms with Crippen LogP contribution in [0.4, 0.5) is 0 Å². The largest absolute Gasteiger partial charge is 0.482 e. The first-order valence-corrected chi connectivity index (χ1v) is 9.97. The molecule has 148 valence electrons. The first kappa shape index (κ1) is 19.5. The van der Waals surface area contributed by atoms with Gasteiger partial charge in [-0.25, -0.2) is 4.79 Å². The summed E-state index contributed by atoms with van der Waals surface area (Å²) in [6, 6.07) is 10.8. The highest BCUT2D eigenvalue weighted by Crippen LogP contribution is 2.41. The van der Waals surface area contributed by atoms with Gasteiger partial charge in [0.05, 0.1) is 29.8 Å². The van der Waals surface area contributed by atoms with E-state index in [0.29, 0.717) is 27.9 Å². The number of carbonyl (C=O) groups is 1. The van der Waals surface area contributed by atoms with E-state index in [2.05, 4.69) is 4.90 Å². The number of β-amino-alcohol motifs (C(OH)–C–C–N with tert-alkyl or cyclic N) is 1. The van der Waals surface area contributed by atoms with Crippen molar-refractivity contribution in [1.82, 2.24) is 4.90 Å². The molecule has 3 atom stereocenters. The molecule has 1 fully saturated rings. The Labute approximate surface area is 173 Å². The number of carbonyl (C=O) groups excluding carboxylic acids is 1. The van der Waals surface area contributed by atoms with Gasteiger partial charge in [0.25, 0.3) is 0 Å². The van der Waals surface area contributed by atoms with Gasteiger partial charge < -0.3 is 14.6 Å². The lowest BCUT2D eigenvalue weighted by atomic mass is 10.1. The lowest BCUT2D eigenvalue weighted by Crippen LogP contribution is -2.39. The van der Waals surface area contributed by atoms with E-state index < -0.39 is 5.97 Å². The fourth-order valence-corrected chi connectivity index (χ4v) is 4.47. The summed E-state index contributed by atoms with van der Waals surface area (Å²) in [6.07, 6.45) is 1.01. The molecular formula is C21H21Cl2NO4. The summed E-state index contributed by atoms with van der Waals surface area (Å²) in [7, 11) is 1.33. The Morgan fingerprint density at radius 3 is 2.71 bits per heavy atom. The van der Waals surface area contributed by atoms with Crippen LogP contribution in [-0.2, 0) is 11.2 Å². The molecule has 0 amide bonds. The Bertz CT molecular complexity index is 904. The normalized spacial score (nSPS) is 24.2. The van der Waals surface area contributed by atoms with Gasteiger partial charge in [-0.05, 0) is 54.3 Å². The molecule has 0 spiro atoms. The van der Waals surface area contributed by atoms with Crippen LogP contribution in [0.15, 0.2) is 36.4 Å². The first-order chi connectivity index (χ1) is 13.5. The number of rotatable bonds is 4. The van der Waals surface area contributed by atoms with Crippen LogP contribution in [0.1, 0.15) is 34.0 Å². The number of hydrogen-bond donors (Lipinski definition) is 1. The van der Waals surface area contributed by atoms with Gasteiger partial charge in [0.15, 0.2) is 0 Å². The van der Waals surface area contributed by atoms with Crippen LogP contribution in [0.2, 0.25) is 10.0 Å². The van der Waals surface area contributed by atoms with Crippen molar-refractivity contribution in [2.75, 3.05) is 20.2 Å². The summed E-state index contributed by atoms with van der Waals surface area (Å²) in [5.74, 6) is 0.0484. The SMILES string of the molecule is COC(=O)c1ccc(O[C@H]2c3cc(Cl)ccc3C[C@@H]2N2CCC(O)C2)c(Cl)c1. The zero-order valence-corrected chi connectivity index (χ0v) is 16.9. The maximum Gasteiger partial charge on any atom is 0.337 e. The van der Waals surface area contributed by atoms with Crippen LogP contribution < -0.4 is 4.74 Å². The molecular weight excluding hydrogens is 401 g/mol. The van der Waals surface area contributed by atoms with Gasteiger partial charge in [-0.2, -0.15) is 0 Å². The molecule has 0 aromatic heterocycles. The van der Waals surface area contributed by atoms with Crippen LogP contribution in [0.5, 0.6) is 5.75 Å². The van der Waals surface area contributed by atoms with E-state index in [4.69, 9.17) is 32.7 Å². The van der Waals surface area contributed by atoms with Crippen molar-refractivity contribution >= 4 is 29.2 Å². The lowest BCUT2D eigenvalue weighted by Gasteiger charge is -2.30. The minimum atomic E-state index is -0.449. The van der Waals surface area contributed by atoms with Gasteiger partial charge in [-0.1, -0.05) is 29.3 Å². The Morgan fingerprint density at radius 1 is 1.21 bits per heavy atom. The molecule has 1 aliphatic heterocycles. The zero-order chi connectivity index (χ0) is 19.8. The van der Waals surface area contributed by atoms with Crippen molar-refractivity contribution in [3.8, 4) is 5.75 Å². The van der Waals surface area contributed by atoms with E-state index >= 15 is 0 Å². The zero-order valence-electron chi connectivity index (χ0n) is 15.4. The molecule has 1 heterocycles. The minimum absolute atomic E-state index is 0.0852. The molecule has 1 aliphatic carbocycles. The summed E-state index contributed by atoms with van der Waals surface area (Å²) in [4.78, 5) is 14.0. The number of aliphatic hydroxyl groups excluding tert-OH is 1. The van der Waals surface area contributed by atoms with Crippen LogP contribution >= 0.6 is 23.2 Å². The van der Waals surface area contributed by atoms with Crippen molar-refractivity contribution in [2.45, 2.75) is 31.1 Å². The Morgan fingerprint density at radius 2 is 2.04 bits per heavy atom. The molecule has 2 aromatic rings. The molecule has 1 N–H and O–H groups in total. The minimum Gasteiger partial charge on any atom is -0.482 e. The third kappa shape index (κ3) is 3.72. The van der Waals surface area contributed by atoms with E-state index in [0.717, 1.165) is 24.9 Å². The monoisotopic (exact) mass is 421 g/mol. The standard InChI is InChI=1S/C21H21Cl2NO4/c1-27-21(26)13-3-5-19(17(23)8-13)28-20-16-10-14(22)4-2-12(16)9-18(20)24-7-6-15(25)11-24/h2-5,8,10,15,18,20,25H,6-7,9,11H2,1H3/t15?,18-,20-/m0/s1. The molecule has 1 unspecified atom stereocenters. The van der Waals surface area contributed by atoms with Gasteiger partial charge in [-0.15, -0.1) is 0 Å². The number of halogens is 2. The number of esters is 1.